The van der Waals surface area contributed by atoms with Crippen molar-refractivity contribution in [3.63, 3.8) is 0 Å². The number of methoxy groups -OCH3 is 1. The Hall–Kier alpha value is -1.90. The Bertz CT molecular complexity index is 719. The number of aliphatic hydroxyl groups is 1. The molecular weight excluding hydrogens is 392 g/mol. The van der Waals surface area contributed by atoms with Crippen LogP contribution in [0.15, 0.2) is 28.4 Å². The van der Waals surface area contributed by atoms with E-state index in [2.05, 4.69) is 26.0 Å². The van der Waals surface area contributed by atoms with Gasteiger partial charge in [-0.05, 0) is 28.1 Å². The molecule has 7 nitrogen and oxygen atoms in total. The Balaban J connectivity index is 2.38. The van der Waals surface area contributed by atoms with Crippen molar-refractivity contribution in [3.05, 3.63) is 39.0 Å². The maximum absolute atomic E-state index is 12.1. The third kappa shape index (κ3) is 3.54. The number of hydrogen-bond donors (Lipinski definition) is 2. The number of amides is 2. The van der Waals surface area contributed by atoms with E-state index in [-0.39, 0.29) is 30.1 Å². The first-order chi connectivity index (χ1) is 10.9. The van der Waals surface area contributed by atoms with Gasteiger partial charge in [-0.3, -0.25) is 14.5 Å². The monoisotopic (exact) mass is 402 g/mol. The summed E-state index contributed by atoms with van der Waals surface area (Å²) in [6.07, 6.45) is 1.10. The summed E-state index contributed by atoms with van der Waals surface area (Å²) in [7, 11) is 1.22. The minimum absolute atomic E-state index is 0.0170. The summed E-state index contributed by atoms with van der Waals surface area (Å²) < 4.78 is 5.11. The van der Waals surface area contributed by atoms with Crippen molar-refractivity contribution in [2.75, 3.05) is 25.6 Å². The quantitative estimate of drug-likeness (QED) is 0.572. The number of esters is 1. The van der Waals surface area contributed by atoms with Gasteiger partial charge in [0.15, 0.2) is 0 Å². The summed E-state index contributed by atoms with van der Waals surface area (Å²) >= 11 is 9.17. The molecular formula is C14H12BrClN2O5. The van der Waals surface area contributed by atoms with E-state index in [1.807, 2.05) is 0 Å². The fraction of sp³-hybridized carbons (Fsp3) is 0.214. The molecule has 2 amide bonds. The number of hydrogen-bond acceptors (Lipinski definition) is 6. The van der Waals surface area contributed by atoms with Crippen LogP contribution in [0.3, 0.4) is 0 Å². The molecule has 1 aromatic carbocycles. The van der Waals surface area contributed by atoms with Crippen molar-refractivity contribution >= 4 is 51.0 Å². The molecule has 0 radical (unpaired) electrons. The van der Waals surface area contributed by atoms with Gasteiger partial charge in [-0.1, -0.05) is 11.6 Å². The number of nitrogens with zero attached hydrogens (tertiary/aromatic N) is 1. The predicted octanol–water partition coefficient (Wildman–Crippen LogP) is 1.55. The second kappa shape index (κ2) is 7.12. The van der Waals surface area contributed by atoms with Gasteiger partial charge in [0.2, 0.25) is 0 Å². The summed E-state index contributed by atoms with van der Waals surface area (Å²) in [6, 6.07) is 2.91. The number of benzene rings is 1. The number of imide groups is 1. The zero-order valence-electron chi connectivity index (χ0n) is 11.9. The molecule has 2 rings (SSSR count). The highest BCUT2D eigenvalue weighted by atomic mass is 79.9. The van der Waals surface area contributed by atoms with Crippen LogP contribution in [0.1, 0.15) is 10.4 Å². The molecule has 2 N–H and O–H groups in total. The molecule has 0 unspecified atom stereocenters. The number of carbonyl (C=O) groups excluding carboxylic acids is 3. The van der Waals surface area contributed by atoms with E-state index in [4.69, 9.17) is 16.7 Å². The summed E-state index contributed by atoms with van der Waals surface area (Å²) in [6.45, 7) is -0.443. The minimum Gasteiger partial charge on any atom is -0.465 e. The summed E-state index contributed by atoms with van der Waals surface area (Å²) in [5.74, 6) is -1.79. The summed E-state index contributed by atoms with van der Waals surface area (Å²) in [5.41, 5.74) is 0.338. The molecule has 1 aliphatic heterocycles. The Morgan fingerprint density at radius 3 is 2.74 bits per heavy atom. The fourth-order valence-corrected chi connectivity index (χ4v) is 2.93. The van der Waals surface area contributed by atoms with Crippen molar-refractivity contribution < 1.29 is 24.2 Å². The summed E-state index contributed by atoms with van der Waals surface area (Å²) in [4.78, 5) is 36.6. The largest absolute Gasteiger partial charge is 0.465 e. The average Bonchev–Trinajstić information content (AvgIpc) is 2.76. The maximum Gasteiger partial charge on any atom is 0.340 e. The number of ether oxygens (including phenoxy) is 1. The van der Waals surface area contributed by atoms with Crippen molar-refractivity contribution in [1.29, 1.82) is 0 Å². The Kier molecular flexibility index (Phi) is 5.40. The molecule has 1 aromatic rings. The van der Waals surface area contributed by atoms with E-state index in [1.165, 1.54) is 19.2 Å². The highest BCUT2D eigenvalue weighted by Gasteiger charge is 2.31. The number of aliphatic hydroxyl groups excluding tert-OH is 1. The molecule has 23 heavy (non-hydrogen) atoms. The highest BCUT2D eigenvalue weighted by molar-refractivity contribution is 9.10. The number of nitrogens with one attached hydrogen (secondary N) is 1. The van der Waals surface area contributed by atoms with Crippen LogP contribution < -0.4 is 5.32 Å². The third-order valence-corrected chi connectivity index (χ3v) is 3.90. The fourth-order valence-electron chi connectivity index (χ4n) is 2.02. The van der Waals surface area contributed by atoms with Gasteiger partial charge in [-0.25, -0.2) is 4.79 Å². The Morgan fingerprint density at radius 1 is 1.43 bits per heavy atom. The zero-order chi connectivity index (χ0) is 17.1. The molecule has 1 heterocycles. The highest BCUT2D eigenvalue weighted by Crippen LogP contribution is 2.33. The van der Waals surface area contributed by atoms with Crippen molar-refractivity contribution in [1.82, 2.24) is 4.90 Å². The van der Waals surface area contributed by atoms with Crippen molar-refractivity contribution in [2.24, 2.45) is 0 Å². The van der Waals surface area contributed by atoms with Gasteiger partial charge >= 0.3 is 5.97 Å². The lowest BCUT2D eigenvalue weighted by Gasteiger charge is -2.16. The van der Waals surface area contributed by atoms with Gasteiger partial charge in [0.1, 0.15) is 5.70 Å². The van der Waals surface area contributed by atoms with Crippen LogP contribution in [-0.2, 0) is 14.3 Å². The molecule has 0 aliphatic carbocycles. The second-order valence-corrected chi connectivity index (χ2v) is 5.79. The van der Waals surface area contributed by atoms with Gasteiger partial charge in [0.05, 0.1) is 31.5 Å². The van der Waals surface area contributed by atoms with Crippen LogP contribution in [0.5, 0.6) is 0 Å². The maximum atomic E-state index is 12.1. The SMILES string of the molecule is COC(=O)c1cc(Cl)cc(Br)c1NC1=CC(=O)N(CCO)C1=O. The third-order valence-electron chi connectivity index (χ3n) is 3.05. The number of anilines is 1. The van der Waals surface area contributed by atoms with Crippen LogP contribution >= 0.6 is 27.5 Å². The standard InChI is InChI=1S/C14H12BrClN2O5/c1-23-14(22)8-4-7(16)5-9(15)12(8)17-10-6-11(20)18(2-3-19)13(10)21/h4-6,17,19H,2-3H2,1H3. The summed E-state index contributed by atoms with van der Waals surface area (Å²) in [5, 5.41) is 11.9. The number of carbonyl (C=O) groups is 3. The topological polar surface area (TPSA) is 95.9 Å². The lowest BCUT2D eigenvalue weighted by molar-refractivity contribution is -0.137. The van der Waals surface area contributed by atoms with Gasteiger partial charge in [-0.2, -0.15) is 0 Å². The van der Waals surface area contributed by atoms with E-state index in [1.54, 1.807) is 0 Å². The molecule has 0 fully saturated rings. The minimum atomic E-state index is -0.653. The first-order valence-electron chi connectivity index (χ1n) is 6.41. The number of β-amino-alcohol motifs (C(OH)–C–C–N with tert-alkyl or cyclic N) is 1. The molecule has 0 saturated heterocycles. The zero-order valence-corrected chi connectivity index (χ0v) is 14.3. The predicted molar refractivity (Wildman–Crippen MR) is 86.0 cm³/mol. The molecule has 0 saturated carbocycles. The van der Waals surface area contributed by atoms with Crippen molar-refractivity contribution in [3.8, 4) is 0 Å². The second-order valence-electron chi connectivity index (χ2n) is 4.50. The smallest absolute Gasteiger partial charge is 0.340 e. The van der Waals surface area contributed by atoms with Crippen LogP contribution in [-0.4, -0.2) is 48.1 Å². The van der Waals surface area contributed by atoms with Crippen molar-refractivity contribution in [2.45, 2.75) is 0 Å². The van der Waals surface area contributed by atoms with E-state index >= 15 is 0 Å². The normalized spacial score (nSPS) is 14.1. The van der Waals surface area contributed by atoms with E-state index in [0.717, 1.165) is 11.0 Å². The molecule has 1 aliphatic rings. The van der Waals surface area contributed by atoms with Gasteiger partial charge < -0.3 is 15.2 Å². The van der Waals surface area contributed by atoms with Crippen LogP contribution in [0, 0.1) is 0 Å². The molecule has 0 aromatic heterocycles. The van der Waals surface area contributed by atoms with Gasteiger partial charge in [-0.15, -0.1) is 0 Å². The molecule has 0 spiro atoms. The molecule has 122 valence electrons. The lowest BCUT2D eigenvalue weighted by atomic mass is 10.1. The molecule has 0 bridgehead atoms. The first-order valence-corrected chi connectivity index (χ1v) is 7.59. The average molecular weight is 404 g/mol. The van der Waals surface area contributed by atoms with Crippen LogP contribution in [0.25, 0.3) is 0 Å². The molecule has 9 heteroatoms. The van der Waals surface area contributed by atoms with Gasteiger partial charge in [0.25, 0.3) is 11.8 Å². The van der Waals surface area contributed by atoms with Crippen LogP contribution in [0.4, 0.5) is 5.69 Å². The first kappa shape index (κ1) is 17.5. The lowest BCUT2D eigenvalue weighted by Crippen LogP contribution is -2.34. The van der Waals surface area contributed by atoms with E-state index in [9.17, 15) is 14.4 Å². The van der Waals surface area contributed by atoms with Gasteiger partial charge in [0, 0.05) is 15.6 Å². The Labute approximate surface area is 145 Å². The molecule has 0 atom stereocenters. The van der Waals surface area contributed by atoms with E-state index < -0.39 is 17.8 Å². The number of halogens is 2. The van der Waals surface area contributed by atoms with E-state index in [0.29, 0.717) is 9.50 Å². The van der Waals surface area contributed by atoms with Crippen LogP contribution in [0.2, 0.25) is 5.02 Å². The Morgan fingerprint density at radius 2 is 2.13 bits per heavy atom. The number of rotatable bonds is 5.